The van der Waals surface area contributed by atoms with Gasteiger partial charge in [-0.05, 0) is 61.2 Å². The van der Waals surface area contributed by atoms with Crippen molar-refractivity contribution in [3.8, 4) is 11.5 Å². The highest BCUT2D eigenvalue weighted by Crippen LogP contribution is 2.38. The predicted octanol–water partition coefficient (Wildman–Crippen LogP) is 4.26. The van der Waals surface area contributed by atoms with Crippen LogP contribution >= 0.6 is 15.9 Å². The number of halogens is 1. The van der Waals surface area contributed by atoms with Crippen molar-refractivity contribution in [3.63, 3.8) is 0 Å². The Labute approximate surface area is 140 Å². The maximum Gasteiger partial charge on any atom is 0.254 e. The van der Waals surface area contributed by atoms with Crippen LogP contribution in [0, 0.1) is 0 Å². The number of benzene rings is 1. The summed E-state index contributed by atoms with van der Waals surface area (Å²) in [5, 5.41) is 0. The van der Waals surface area contributed by atoms with Gasteiger partial charge >= 0.3 is 0 Å². The quantitative estimate of drug-likeness (QED) is 0.720. The maximum absolute atomic E-state index is 12.8. The first-order valence-electron chi connectivity index (χ1n) is 7.82. The molecule has 0 aromatic heterocycles. The zero-order chi connectivity index (χ0) is 16.3. The Morgan fingerprint density at radius 1 is 1.41 bits per heavy atom. The van der Waals surface area contributed by atoms with Crippen molar-refractivity contribution in [2.75, 3.05) is 13.7 Å². The molecule has 0 heterocycles. The highest BCUT2D eigenvalue weighted by molar-refractivity contribution is 9.10. The molecule has 1 aliphatic rings. The van der Waals surface area contributed by atoms with Crippen LogP contribution in [0.25, 0.3) is 0 Å². The van der Waals surface area contributed by atoms with Crippen LogP contribution < -0.4 is 9.47 Å². The van der Waals surface area contributed by atoms with Gasteiger partial charge in [0.1, 0.15) is 0 Å². The zero-order valence-corrected chi connectivity index (χ0v) is 15.3. The molecule has 2 rings (SSSR count). The molecule has 0 unspecified atom stereocenters. The first-order chi connectivity index (χ1) is 10.5. The molecule has 0 aliphatic heterocycles. The minimum absolute atomic E-state index is 0.0542. The lowest BCUT2D eigenvalue weighted by Gasteiger charge is -2.27. The van der Waals surface area contributed by atoms with Crippen LogP contribution in [0.15, 0.2) is 16.6 Å². The number of nitrogens with zero attached hydrogens (tertiary/aromatic N) is 1. The summed E-state index contributed by atoms with van der Waals surface area (Å²) in [5.41, 5.74) is 0.633. The molecule has 1 saturated carbocycles. The fourth-order valence-corrected chi connectivity index (χ4v) is 3.07. The van der Waals surface area contributed by atoms with Crippen LogP contribution in [0.2, 0.25) is 0 Å². The van der Waals surface area contributed by atoms with Crippen molar-refractivity contribution in [1.29, 1.82) is 0 Å². The number of carbonyl (C=O) groups is 1. The van der Waals surface area contributed by atoms with Crippen molar-refractivity contribution in [1.82, 2.24) is 4.90 Å². The summed E-state index contributed by atoms with van der Waals surface area (Å²) in [4.78, 5) is 14.8. The molecule has 0 N–H and O–H groups in total. The summed E-state index contributed by atoms with van der Waals surface area (Å²) in [6.07, 6.45) is 3.11. The van der Waals surface area contributed by atoms with Gasteiger partial charge < -0.3 is 14.4 Å². The predicted molar refractivity (Wildman–Crippen MR) is 90.8 cm³/mol. The summed E-state index contributed by atoms with van der Waals surface area (Å²) in [6, 6.07) is 4.18. The molecule has 122 valence electrons. The van der Waals surface area contributed by atoms with Gasteiger partial charge in [0.25, 0.3) is 5.91 Å². The largest absolute Gasteiger partial charge is 0.493 e. The van der Waals surface area contributed by atoms with E-state index in [9.17, 15) is 4.79 Å². The van der Waals surface area contributed by atoms with E-state index in [1.807, 2.05) is 11.0 Å². The minimum atomic E-state index is 0.0542. The van der Waals surface area contributed by atoms with E-state index in [2.05, 4.69) is 36.7 Å². The highest BCUT2D eigenvalue weighted by Gasteiger charge is 2.35. The van der Waals surface area contributed by atoms with Crippen LogP contribution in [0.4, 0.5) is 0 Å². The van der Waals surface area contributed by atoms with E-state index >= 15 is 0 Å². The first kappa shape index (κ1) is 17.1. The Hall–Kier alpha value is -1.23. The van der Waals surface area contributed by atoms with Gasteiger partial charge in [0.05, 0.1) is 18.2 Å². The summed E-state index contributed by atoms with van der Waals surface area (Å²) in [5.74, 6) is 1.30. The minimum Gasteiger partial charge on any atom is -0.493 e. The Balaban J connectivity index is 2.31. The molecule has 1 aliphatic carbocycles. The third-order valence-corrected chi connectivity index (χ3v) is 4.25. The van der Waals surface area contributed by atoms with E-state index in [1.54, 1.807) is 13.2 Å². The van der Waals surface area contributed by atoms with E-state index in [0.717, 1.165) is 23.7 Å². The van der Waals surface area contributed by atoms with E-state index in [-0.39, 0.29) is 11.9 Å². The van der Waals surface area contributed by atoms with Crippen molar-refractivity contribution in [2.45, 2.75) is 52.1 Å². The van der Waals surface area contributed by atoms with Crippen molar-refractivity contribution in [2.24, 2.45) is 0 Å². The van der Waals surface area contributed by atoms with Crippen molar-refractivity contribution >= 4 is 21.8 Å². The molecule has 0 bridgehead atoms. The molecule has 1 fully saturated rings. The second kappa shape index (κ2) is 7.36. The summed E-state index contributed by atoms with van der Waals surface area (Å²) in [7, 11) is 1.59. The summed E-state index contributed by atoms with van der Waals surface area (Å²) < 4.78 is 11.9. The molecule has 22 heavy (non-hydrogen) atoms. The third kappa shape index (κ3) is 3.75. The Bertz CT molecular complexity index is 539. The summed E-state index contributed by atoms with van der Waals surface area (Å²) in [6.45, 7) is 6.78. The molecule has 1 amide bonds. The molecule has 0 spiro atoms. The van der Waals surface area contributed by atoms with E-state index in [1.165, 1.54) is 0 Å². The molecule has 5 heteroatoms. The number of hydrogen-bond donors (Lipinski definition) is 0. The van der Waals surface area contributed by atoms with E-state index in [0.29, 0.717) is 29.7 Å². The SMILES string of the molecule is CCCOc1c(Br)cc(C(=O)N(C(C)C)C2CC2)cc1OC. The van der Waals surface area contributed by atoms with Crippen LogP contribution in [0.1, 0.15) is 50.4 Å². The fourth-order valence-electron chi connectivity index (χ4n) is 2.51. The molecule has 4 nitrogen and oxygen atoms in total. The van der Waals surface area contributed by atoms with Crippen LogP contribution in [0.5, 0.6) is 11.5 Å². The van der Waals surface area contributed by atoms with E-state index in [4.69, 9.17) is 9.47 Å². The van der Waals surface area contributed by atoms with Gasteiger partial charge in [-0.2, -0.15) is 0 Å². The topological polar surface area (TPSA) is 38.8 Å². The Morgan fingerprint density at radius 3 is 2.59 bits per heavy atom. The number of carbonyl (C=O) groups excluding carboxylic acids is 1. The Morgan fingerprint density at radius 2 is 2.09 bits per heavy atom. The summed E-state index contributed by atoms with van der Waals surface area (Å²) >= 11 is 3.50. The number of ether oxygens (including phenoxy) is 2. The average Bonchev–Trinajstić information content (AvgIpc) is 3.29. The van der Waals surface area contributed by atoms with Crippen LogP contribution in [-0.4, -0.2) is 36.6 Å². The van der Waals surface area contributed by atoms with Gasteiger partial charge in [-0.25, -0.2) is 0 Å². The van der Waals surface area contributed by atoms with Gasteiger partial charge in [-0.15, -0.1) is 0 Å². The number of methoxy groups -OCH3 is 1. The molecule has 0 radical (unpaired) electrons. The number of rotatable bonds is 7. The highest BCUT2D eigenvalue weighted by atomic mass is 79.9. The second-order valence-electron chi connectivity index (χ2n) is 5.88. The van der Waals surface area contributed by atoms with Crippen molar-refractivity contribution in [3.05, 3.63) is 22.2 Å². The molecular weight excluding hydrogens is 346 g/mol. The van der Waals surface area contributed by atoms with Crippen LogP contribution in [0.3, 0.4) is 0 Å². The van der Waals surface area contributed by atoms with E-state index < -0.39 is 0 Å². The van der Waals surface area contributed by atoms with Gasteiger partial charge in [-0.1, -0.05) is 6.92 Å². The number of hydrogen-bond acceptors (Lipinski definition) is 3. The lowest BCUT2D eigenvalue weighted by Crippen LogP contribution is -2.38. The normalized spacial score (nSPS) is 14.1. The smallest absolute Gasteiger partial charge is 0.254 e. The van der Waals surface area contributed by atoms with Gasteiger partial charge in [0.2, 0.25) is 0 Å². The van der Waals surface area contributed by atoms with Gasteiger partial charge in [0.15, 0.2) is 11.5 Å². The first-order valence-corrected chi connectivity index (χ1v) is 8.61. The third-order valence-electron chi connectivity index (χ3n) is 3.66. The molecule has 1 aromatic carbocycles. The Kier molecular flexibility index (Phi) is 5.73. The lowest BCUT2D eigenvalue weighted by molar-refractivity contribution is 0.0689. The molecular formula is C17H24BrNO3. The average molecular weight is 370 g/mol. The zero-order valence-electron chi connectivity index (χ0n) is 13.7. The van der Waals surface area contributed by atoms with Crippen molar-refractivity contribution < 1.29 is 14.3 Å². The number of amides is 1. The fraction of sp³-hybridized carbons (Fsp3) is 0.588. The molecule has 0 atom stereocenters. The maximum atomic E-state index is 12.8. The van der Waals surface area contributed by atoms with Crippen LogP contribution in [-0.2, 0) is 0 Å². The second-order valence-corrected chi connectivity index (χ2v) is 6.73. The standard InChI is InChI=1S/C17H24BrNO3/c1-5-8-22-16-14(18)9-12(10-15(16)21-4)17(20)19(11(2)3)13-6-7-13/h9-11,13H,5-8H2,1-4H3. The van der Waals surface area contributed by atoms with Gasteiger partial charge in [0, 0.05) is 17.6 Å². The monoisotopic (exact) mass is 369 g/mol. The molecule has 1 aromatic rings. The lowest BCUT2D eigenvalue weighted by atomic mass is 10.1. The van der Waals surface area contributed by atoms with Gasteiger partial charge in [-0.3, -0.25) is 4.79 Å². The molecule has 0 saturated heterocycles.